The van der Waals surface area contributed by atoms with Crippen LogP contribution in [0.3, 0.4) is 0 Å². The lowest BCUT2D eigenvalue weighted by molar-refractivity contribution is -0.132. The van der Waals surface area contributed by atoms with Crippen molar-refractivity contribution in [3.05, 3.63) is 0 Å². The van der Waals surface area contributed by atoms with Crippen molar-refractivity contribution in [1.82, 2.24) is 14.7 Å². The van der Waals surface area contributed by atoms with Gasteiger partial charge in [-0.25, -0.2) is 0 Å². The zero-order valence-electron chi connectivity index (χ0n) is 47.7. The van der Waals surface area contributed by atoms with Crippen LogP contribution in [-0.2, 0) is 9.59 Å². The van der Waals surface area contributed by atoms with Crippen molar-refractivity contribution < 1.29 is 14.7 Å². The molecule has 410 valence electrons. The Bertz CT molecular complexity index is 960. The molecule has 0 aliphatic heterocycles. The van der Waals surface area contributed by atoms with Crippen molar-refractivity contribution in [2.24, 2.45) is 0 Å². The Hall–Kier alpha value is -1.14. The van der Waals surface area contributed by atoms with Crippen LogP contribution in [0.1, 0.15) is 342 Å². The molecule has 2 atom stereocenters. The maximum absolute atomic E-state index is 13.5. The topological polar surface area (TPSA) is 64.1 Å². The van der Waals surface area contributed by atoms with E-state index in [1.807, 2.05) is 0 Å². The highest BCUT2D eigenvalue weighted by Gasteiger charge is 2.27. The van der Waals surface area contributed by atoms with Gasteiger partial charge in [0.05, 0.1) is 6.10 Å². The third-order valence-electron chi connectivity index (χ3n) is 15.9. The minimum Gasteiger partial charge on any atom is -0.391 e. The highest BCUT2D eigenvalue weighted by Crippen LogP contribution is 2.25. The number of aliphatic hydroxyl groups excluding tert-OH is 1. The lowest BCUT2D eigenvalue weighted by Gasteiger charge is -2.34. The number of hydrogen-bond donors (Lipinski definition) is 1. The van der Waals surface area contributed by atoms with Crippen molar-refractivity contribution in [3.63, 3.8) is 0 Å². The van der Waals surface area contributed by atoms with Crippen molar-refractivity contribution >= 4 is 11.8 Å². The Morgan fingerprint density at radius 2 is 0.565 bits per heavy atom. The van der Waals surface area contributed by atoms with Gasteiger partial charge in [-0.3, -0.25) is 14.5 Å². The summed E-state index contributed by atoms with van der Waals surface area (Å²) in [6, 6.07) is 0.309. The average Bonchev–Trinajstić information content (AvgIpc) is 3.58. The molecule has 0 bridgehead atoms. The monoisotopic (exact) mass is 972 g/mol. The van der Waals surface area contributed by atoms with E-state index in [4.69, 9.17) is 0 Å². The number of amides is 2. The molecule has 69 heavy (non-hydrogen) atoms. The zero-order chi connectivity index (χ0) is 49.9. The standard InChI is InChI=1S/C63H125N3O3/c1-5-9-13-17-21-25-33-46-56-65(57-47-34-26-22-18-14-10-6-2)62(68)52-42-31-29-37-44-54-64(60-50-40-39-41-51-61(60)67)55-45-38-30-32-43-53-63(69)66(58-48-35-27-23-19-15-11-7-3)59-49-36-28-24-20-16-12-8-4/h60-61,67H,5-59H2,1-4H3/t60-,61+/m1/s1. The van der Waals surface area contributed by atoms with E-state index in [1.54, 1.807) is 0 Å². The second-order valence-electron chi connectivity index (χ2n) is 22.5. The molecule has 0 aromatic heterocycles. The van der Waals surface area contributed by atoms with Gasteiger partial charge in [0.1, 0.15) is 0 Å². The van der Waals surface area contributed by atoms with E-state index in [0.29, 0.717) is 17.9 Å². The fraction of sp³-hybridized carbons (Fsp3) is 0.968. The van der Waals surface area contributed by atoms with Crippen LogP contribution < -0.4 is 0 Å². The number of carbonyl (C=O) groups excluding carboxylic acids is 2. The van der Waals surface area contributed by atoms with Gasteiger partial charge in [0.2, 0.25) is 11.8 Å². The minimum atomic E-state index is -0.191. The molecule has 6 heteroatoms. The molecule has 0 heterocycles. The van der Waals surface area contributed by atoms with Gasteiger partial charge in [-0.15, -0.1) is 0 Å². The second-order valence-corrected chi connectivity index (χ2v) is 22.5. The molecule has 0 spiro atoms. The first-order valence-corrected chi connectivity index (χ1v) is 32.0. The average molecular weight is 973 g/mol. The van der Waals surface area contributed by atoms with E-state index < -0.39 is 0 Å². The van der Waals surface area contributed by atoms with Crippen molar-refractivity contribution in [2.45, 2.75) is 354 Å². The molecule has 0 radical (unpaired) electrons. The fourth-order valence-corrected chi connectivity index (χ4v) is 11.2. The summed E-state index contributed by atoms with van der Waals surface area (Å²) in [7, 11) is 0. The van der Waals surface area contributed by atoms with Gasteiger partial charge >= 0.3 is 0 Å². The van der Waals surface area contributed by atoms with Gasteiger partial charge in [0, 0.05) is 45.1 Å². The predicted molar refractivity (Wildman–Crippen MR) is 303 cm³/mol. The first-order chi connectivity index (χ1) is 34.0. The molecule has 1 aliphatic carbocycles. The molecule has 0 saturated heterocycles. The maximum Gasteiger partial charge on any atom is 0.222 e. The molecule has 6 nitrogen and oxygen atoms in total. The largest absolute Gasteiger partial charge is 0.391 e. The molecule has 2 amide bonds. The summed E-state index contributed by atoms with van der Waals surface area (Å²) < 4.78 is 0. The van der Waals surface area contributed by atoms with Gasteiger partial charge in [-0.05, 0) is 77.3 Å². The third-order valence-corrected chi connectivity index (χ3v) is 15.9. The molecule has 0 aromatic rings. The molecule has 1 rings (SSSR count). The van der Waals surface area contributed by atoms with Gasteiger partial charge in [0.15, 0.2) is 0 Å². The quantitative estimate of drug-likeness (QED) is 0.0487. The SMILES string of the molecule is CCCCCCCCCCN(CCCCCCCCCC)C(=O)CCCCCCCN(CCCCCCCC(=O)N(CCCCCCCCCC)CCCCCCCCCC)[C@@H]1CCCCC[C@@H]1O. The van der Waals surface area contributed by atoms with Gasteiger partial charge in [0.25, 0.3) is 0 Å². The molecule has 1 fully saturated rings. The lowest BCUT2D eigenvalue weighted by atomic mass is 10.0. The summed E-state index contributed by atoms with van der Waals surface area (Å²) in [5.41, 5.74) is 0. The summed E-state index contributed by atoms with van der Waals surface area (Å²) in [6.07, 6.45) is 60.8. The van der Waals surface area contributed by atoms with Crippen LogP contribution >= 0.6 is 0 Å². The van der Waals surface area contributed by atoms with Crippen LogP contribution in [0.25, 0.3) is 0 Å². The molecule has 1 saturated carbocycles. The van der Waals surface area contributed by atoms with Crippen molar-refractivity contribution in [3.8, 4) is 0 Å². The van der Waals surface area contributed by atoms with Gasteiger partial charge < -0.3 is 14.9 Å². The Kier molecular flexibility index (Phi) is 49.4. The molecule has 1 aliphatic rings. The number of carbonyl (C=O) groups is 2. The van der Waals surface area contributed by atoms with E-state index in [1.165, 1.54) is 257 Å². The highest BCUT2D eigenvalue weighted by molar-refractivity contribution is 5.76. The van der Waals surface area contributed by atoms with Crippen molar-refractivity contribution in [2.75, 3.05) is 39.3 Å². The Labute approximate surface area is 433 Å². The fourth-order valence-electron chi connectivity index (χ4n) is 11.2. The Morgan fingerprint density at radius 3 is 0.870 bits per heavy atom. The van der Waals surface area contributed by atoms with Crippen molar-refractivity contribution in [1.29, 1.82) is 0 Å². The summed E-state index contributed by atoms with van der Waals surface area (Å²) >= 11 is 0. The van der Waals surface area contributed by atoms with Gasteiger partial charge in [-0.2, -0.15) is 0 Å². The molecular weight excluding hydrogens is 847 g/mol. The number of nitrogens with zero attached hydrogens (tertiary/aromatic N) is 3. The predicted octanol–water partition coefficient (Wildman–Crippen LogP) is 18.9. The maximum atomic E-state index is 13.5. The van der Waals surface area contributed by atoms with E-state index in [0.717, 1.165) is 97.1 Å². The van der Waals surface area contributed by atoms with E-state index in [9.17, 15) is 14.7 Å². The molecule has 0 aromatic carbocycles. The Balaban J connectivity index is 2.49. The van der Waals surface area contributed by atoms with E-state index in [-0.39, 0.29) is 6.10 Å². The number of aliphatic hydroxyl groups is 1. The lowest BCUT2D eigenvalue weighted by Crippen LogP contribution is -2.44. The van der Waals surface area contributed by atoms with Gasteiger partial charge in [-0.1, -0.05) is 265 Å². The van der Waals surface area contributed by atoms with Crippen LogP contribution in [-0.4, -0.2) is 83.0 Å². The molecular formula is C63H125N3O3. The highest BCUT2D eigenvalue weighted by atomic mass is 16.3. The van der Waals surface area contributed by atoms with E-state index >= 15 is 0 Å². The van der Waals surface area contributed by atoms with Crippen LogP contribution in [0.2, 0.25) is 0 Å². The van der Waals surface area contributed by atoms with Crippen LogP contribution in [0.15, 0.2) is 0 Å². The number of rotatable bonds is 53. The van der Waals surface area contributed by atoms with Crippen LogP contribution in [0.5, 0.6) is 0 Å². The summed E-state index contributed by atoms with van der Waals surface area (Å²) in [4.78, 5) is 34.2. The zero-order valence-corrected chi connectivity index (χ0v) is 47.7. The van der Waals surface area contributed by atoms with Crippen LogP contribution in [0.4, 0.5) is 0 Å². The molecule has 1 N–H and O–H groups in total. The summed E-state index contributed by atoms with van der Waals surface area (Å²) in [5, 5.41) is 11.2. The first-order valence-electron chi connectivity index (χ1n) is 32.0. The molecule has 0 unspecified atom stereocenters. The third kappa shape index (κ3) is 41.0. The summed E-state index contributed by atoms with van der Waals surface area (Å²) in [5.74, 6) is 0.817. The Morgan fingerprint density at radius 1 is 0.319 bits per heavy atom. The number of unbranched alkanes of at least 4 members (excludes halogenated alkanes) is 36. The van der Waals surface area contributed by atoms with E-state index in [2.05, 4.69) is 42.4 Å². The smallest absolute Gasteiger partial charge is 0.222 e. The first kappa shape index (κ1) is 65.9. The van der Waals surface area contributed by atoms with Crippen LogP contribution in [0, 0.1) is 0 Å². The normalized spacial score (nSPS) is 15.3. The minimum absolute atomic E-state index is 0.191. The summed E-state index contributed by atoms with van der Waals surface area (Å²) in [6.45, 7) is 15.2. The number of hydrogen-bond acceptors (Lipinski definition) is 4. The second kappa shape index (κ2) is 51.7.